The second-order valence-corrected chi connectivity index (χ2v) is 4.94. The fraction of sp³-hybridized carbons (Fsp3) is 0.917. The summed E-state index contributed by atoms with van der Waals surface area (Å²) in [4.78, 5) is 13.3. The van der Waals surface area contributed by atoms with Crippen molar-refractivity contribution in [2.45, 2.75) is 44.6 Å². The molecule has 2 atom stereocenters. The van der Waals surface area contributed by atoms with Crippen LogP contribution in [0, 0.1) is 5.92 Å². The number of rotatable bonds is 1. The molecule has 2 fully saturated rings. The van der Waals surface area contributed by atoms with Crippen LogP contribution in [0.3, 0.4) is 0 Å². The SMILES string of the molecule is CCOC(=O)N1CCC2(O)CCCCC2C1. The van der Waals surface area contributed by atoms with Gasteiger partial charge in [0.1, 0.15) is 0 Å². The van der Waals surface area contributed by atoms with Gasteiger partial charge in [-0.25, -0.2) is 4.79 Å². The first-order chi connectivity index (χ1) is 7.65. The lowest BCUT2D eigenvalue weighted by molar-refractivity contribution is -0.0913. The van der Waals surface area contributed by atoms with Gasteiger partial charge in [0.25, 0.3) is 0 Å². The Labute approximate surface area is 96.6 Å². The van der Waals surface area contributed by atoms with E-state index in [1.54, 1.807) is 4.90 Å². The molecule has 1 saturated heterocycles. The van der Waals surface area contributed by atoms with Crippen LogP contribution in [0.25, 0.3) is 0 Å². The number of aliphatic hydroxyl groups is 1. The summed E-state index contributed by atoms with van der Waals surface area (Å²) in [5, 5.41) is 10.4. The Kier molecular flexibility index (Phi) is 3.38. The molecule has 1 aliphatic heterocycles. The Morgan fingerprint density at radius 2 is 2.31 bits per heavy atom. The Morgan fingerprint density at radius 1 is 1.50 bits per heavy atom. The fourth-order valence-electron chi connectivity index (χ4n) is 2.95. The van der Waals surface area contributed by atoms with E-state index in [1.807, 2.05) is 6.92 Å². The highest BCUT2D eigenvalue weighted by molar-refractivity contribution is 5.67. The normalized spacial score (nSPS) is 34.4. The lowest BCUT2D eigenvalue weighted by Gasteiger charge is -2.46. The number of fused-ring (bicyclic) bond motifs is 1. The number of hydrogen-bond acceptors (Lipinski definition) is 3. The van der Waals surface area contributed by atoms with Crippen molar-refractivity contribution in [2.24, 2.45) is 5.92 Å². The molecule has 4 nitrogen and oxygen atoms in total. The molecule has 0 radical (unpaired) electrons. The van der Waals surface area contributed by atoms with Gasteiger partial charge >= 0.3 is 6.09 Å². The summed E-state index contributed by atoms with van der Waals surface area (Å²) < 4.78 is 5.00. The summed E-state index contributed by atoms with van der Waals surface area (Å²) in [6.07, 6.45) is 4.70. The molecule has 0 spiro atoms. The molecular weight excluding hydrogens is 206 g/mol. The quantitative estimate of drug-likeness (QED) is 0.742. The van der Waals surface area contributed by atoms with E-state index in [9.17, 15) is 9.90 Å². The minimum absolute atomic E-state index is 0.227. The maximum Gasteiger partial charge on any atom is 0.409 e. The average Bonchev–Trinajstić information content (AvgIpc) is 2.28. The molecule has 92 valence electrons. The van der Waals surface area contributed by atoms with Crippen molar-refractivity contribution < 1.29 is 14.6 Å². The first-order valence-electron chi connectivity index (χ1n) is 6.30. The Balaban J connectivity index is 1.96. The molecule has 1 heterocycles. The van der Waals surface area contributed by atoms with Crippen LogP contribution in [0.15, 0.2) is 0 Å². The number of carbonyl (C=O) groups excluding carboxylic acids is 1. The summed E-state index contributed by atoms with van der Waals surface area (Å²) >= 11 is 0. The predicted octanol–water partition coefficient (Wildman–Crippen LogP) is 1.77. The number of amides is 1. The van der Waals surface area contributed by atoms with E-state index in [0.717, 1.165) is 19.3 Å². The van der Waals surface area contributed by atoms with Gasteiger partial charge in [0.2, 0.25) is 0 Å². The van der Waals surface area contributed by atoms with Gasteiger partial charge in [-0.2, -0.15) is 0 Å². The largest absolute Gasteiger partial charge is 0.450 e. The number of hydrogen-bond donors (Lipinski definition) is 1. The van der Waals surface area contributed by atoms with E-state index in [-0.39, 0.29) is 12.0 Å². The molecular formula is C12H21NO3. The van der Waals surface area contributed by atoms with Gasteiger partial charge in [-0.3, -0.25) is 0 Å². The molecule has 0 aromatic carbocycles. The second kappa shape index (κ2) is 4.62. The molecule has 0 bridgehead atoms. The van der Waals surface area contributed by atoms with Gasteiger partial charge in [0.15, 0.2) is 0 Å². The number of carbonyl (C=O) groups is 1. The third-order valence-corrected chi connectivity index (χ3v) is 3.95. The Morgan fingerprint density at radius 3 is 3.06 bits per heavy atom. The van der Waals surface area contributed by atoms with Gasteiger partial charge in [-0.15, -0.1) is 0 Å². The van der Waals surface area contributed by atoms with Crippen LogP contribution < -0.4 is 0 Å². The molecule has 2 rings (SSSR count). The molecule has 1 amide bonds. The highest BCUT2D eigenvalue weighted by atomic mass is 16.6. The standard InChI is InChI=1S/C12H21NO3/c1-2-16-11(14)13-8-7-12(15)6-4-3-5-10(12)9-13/h10,15H,2-9H2,1H3. The zero-order chi connectivity index (χ0) is 11.6. The summed E-state index contributed by atoms with van der Waals surface area (Å²) in [5.74, 6) is 0.249. The zero-order valence-corrected chi connectivity index (χ0v) is 9.95. The zero-order valence-electron chi connectivity index (χ0n) is 9.95. The van der Waals surface area contributed by atoms with Gasteiger partial charge in [-0.1, -0.05) is 12.8 Å². The van der Waals surface area contributed by atoms with Gasteiger partial charge < -0.3 is 14.7 Å². The van der Waals surface area contributed by atoms with E-state index in [1.165, 1.54) is 6.42 Å². The molecule has 2 aliphatic rings. The lowest BCUT2D eigenvalue weighted by atomic mass is 9.71. The number of nitrogens with zero attached hydrogens (tertiary/aromatic N) is 1. The molecule has 0 aromatic rings. The van der Waals surface area contributed by atoms with Crippen molar-refractivity contribution in [3.63, 3.8) is 0 Å². The van der Waals surface area contributed by atoms with Gasteiger partial charge in [-0.05, 0) is 26.2 Å². The maximum atomic E-state index is 11.6. The first kappa shape index (κ1) is 11.7. The van der Waals surface area contributed by atoms with Crippen molar-refractivity contribution in [1.29, 1.82) is 0 Å². The third kappa shape index (κ3) is 2.17. The van der Waals surface area contributed by atoms with Crippen LogP contribution in [0.1, 0.15) is 39.0 Å². The van der Waals surface area contributed by atoms with Crippen molar-refractivity contribution in [1.82, 2.24) is 4.90 Å². The van der Waals surface area contributed by atoms with Crippen LogP contribution in [0.2, 0.25) is 0 Å². The molecule has 1 N–H and O–H groups in total. The first-order valence-corrected chi connectivity index (χ1v) is 6.30. The highest BCUT2D eigenvalue weighted by Gasteiger charge is 2.43. The summed E-state index contributed by atoms with van der Waals surface area (Å²) in [5.41, 5.74) is -0.513. The number of piperidine rings is 1. The second-order valence-electron chi connectivity index (χ2n) is 4.94. The molecule has 16 heavy (non-hydrogen) atoms. The third-order valence-electron chi connectivity index (χ3n) is 3.95. The van der Waals surface area contributed by atoms with E-state index in [4.69, 9.17) is 4.74 Å². The van der Waals surface area contributed by atoms with Gasteiger partial charge in [0, 0.05) is 19.0 Å². The lowest BCUT2D eigenvalue weighted by Crippen LogP contribution is -2.54. The smallest absolute Gasteiger partial charge is 0.409 e. The van der Waals surface area contributed by atoms with Crippen LogP contribution in [-0.2, 0) is 4.74 Å². The van der Waals surface area contributed by atoms with E-state index >= 15 is 0 Å². The van der Waals surface area contributed by atoms with Crippen LogP contribution in [-0.4, -0.2) is 41.4 Å². The Bertz CT molecular complexity index is 269. The fourth-order valence-corrected chi connectivity index (χ4v) is 2.95. The Hall–Kier alpha value is -0.770. The maximum absolute atomic E-state index is 11.6. The van der Waals surface area contributed by atoms with Crippen molar-refractivity contribution in [3.05, 3.63) is 0 Å². The monoisotopic (exact) mass is 227 g/mol. The summed E-state index contributed by atoms with van der Waals surface area (Å²) in [6, 6.07) is 0. The topological polar surface area (TPSA) is 49.8 Å². The highest BCUT2D eigenvalue weighted by Crippen LogP contribution is 2.39. The van der Waals surface area contributed by atoms with Crippen LogP contribution in [0.4, 0.5) is 4.79 Å². The number of likely N-dealkylation sites (tertiary alicyclic amines) is 1. The van der Waals surface area contributed by atoms with Crippen LogP contribution in [0.5, 0.6) is 0 Å². The van der Waals surface area contributed by atoms with E-state index in [0.29, 0.717) is 26.1 Å². The molecule has 1 aliphatic carbocycles. The average molecular weight is 227 g/mol. The van der Waals surface area contributed by atoms with E-state index in [2.05, 4.69) is 0 Å². The van der Waals surface area contributed by atoms with Gasteiger partial charge in [0.05, 0.1) is 12.2 Å². The molecule has 0 aromatic heterocycles. The predicted molar refractivity (Wildman–Crippen MR) is 60.1 cm³/mol. The van der Waals surface area contributed by atoms with E-state index < -0.39 is 5.60 Å². The van der Waals surface area contributed by atoms with Crippen LogP contribution >= 0.6 is 0 Å². The summed E-state index contributed by atoms with van der Waals surface area (Å²) in [7, 11) is 0. The minimum atomic E-state index is -0.513. The summed E-state index contributed by atoms with van der Waals surface area (Å²) in [6.45, 7) is 3.53. The molecule has 2 unspecified atom stereocenters. The van der Waals surface area contributed by atoms with Crippen molar-refractivity contribution in [3.8, 4) is 0 Å². The molecule has 1 saturated carbocycles. The number of ether oxygens (including phenoxy) is 1. The van der Waals surface area contributed by atoms with Crippen molar-refractivity contribution in [2.75, 3.05) is 19.7 Å². The molecule has 4 heteroatoms. The minimum Gasteiger partial charge on any atom is -0.450 e. The van der Waals surface area contributed by atoms with Crippen molar-refractivity contribution >= 4 is 6.09 Å².